The normalized spacial score (nSPS) is 39.0. The van der Waals surface area contributed by atoms with Gasteiger partial charge in [0, 0.05) is 10.8 Å². The summed E-state index contributed by atoms with van der Waals surface area (Å²) in [5, 5.41) is 14.9. The number of hydrogen-bond acceptors (Lipinski definition) is 10. The predicted octanol–water partition coefficient (Wildman–Crippen LogP) is 6.19. The molecule has 12 heteroatoms. The van der Waals surface area contributed by atoms with Crippen LogP contribution in [0.2, 0.25) is 0 Å². The Morgan fingerprint density at radius 1 is 0.760 bits per heavy atom. The summed E-state index contributed by atoms with van der Waals surface area (Å²) in [6, 6.07) is 18.7. The molecule has 5 rings (SSSR count). The van der Waals surface area contributed by atoms with Crippen LogP contribution in [-0.2, 0) is 51.2 Å². The Balaban J connectivity index is 1.41. The average molecular weight is 696 g/mol. The highest BCUT2D eigenvalue weighted by Gasteiger charge is 2.52. The van der Waals surface area contributed by atoms with Crippen LogP contribution in [0.25, 0.3) is 10.4 Å². The third-order valence-corrected chi connectivity index (χ3v) is 11.0. The van der Waals surface area contributed by atoms with Crippen molar-refractivity contribution in [3.05, 3.63) is 82.2 Å². The van der Waals surface area contributed by atoms with Crippen LogP contribution in [0.3, 0.4) is 0 Å². The Morgan fingerprint density at radius 3 is 2.00 bits per heavy atom. The van der Waals surface area contributed by atoms with E-state index in [4.69, 9.17) is 33.2 Å². The maximum Gasteiger partial charge on any atom is 0.185 e. The number of ketones is 1. The van der Waals surface area contributed by atoms with Gasteiger partial charge in [0.1, 0.15) is 30.5 Å². The van der Waals surface area contributed by atoms with E-state index in [9.17, 15) is 15.4 Å². The van der Waals surface area contributed by atoms with E-state index in [0.29, 0.717) is 19.8 Å². The van der Waals surface area contributed by atoms with Gasteiger partial charge >= 0.3 is 0 Å². The Hall–Kier alpha value is -2.90. The minimum absolute atomic E-state index is 0.0131. The molecule has 3 fully saturated rings. The van der Waals surface area contributed by atoms with Crippen LogP contribution in [0, 0.1) is 29.6 Å². The highest BCUT2D eigenvalue weighted by Crippen LogP contribution is 2.40. The van der Waals surface area contributed by atoms with Gasteiger partial charge in [0.25, 0.3) is 0 Å². The van der Waals surface area contributed by atoms with Crippen molar-refractivity contribution in [2.75, 3.05) is 6.61 Å². The zero-order chi connectivity index (χ0) is 35.9. The molecule has 2 aromatic carbocycles. The number of aliphatic hydroxyl groups excluding tert-OH is 1. The molecular weight excluding hydrogens is 642 g/mol. The minimum Gasteiger partial charge on any atom is -0.374 e. The first-order valence-corrected chi connectivity index (χ1v) is 17.8. The monoisotopic (exact) mass is 695 g/mol. The Morgan fingerprint density at radius 2 is 1.38 bits per heavy atom. The van der Waals surface area contributed by atoms with E-state index in [1.165, 1.54) is 6.92 Å². The minimum atomic E-state index is -1.46. The molecule has 2 aromatic rings. The van der Waals surface area contributed by atoms with Crippen molar-refractivity contribution in [1.82, 2.24) is 0 Å². The summed E-state index contributed by atoms with van der Waals surface area (Å²) >= 11 is 0. The van der Waals surface area contributed by atoms with Gasteiger partial charge in [-0.1, -0.05) is 100 Å². The number of nitrogens with zero attached hydrogens (tertiary/aromatic N) is 3. The van der Waals surface area contributed by atoms with Gasteiger partial charge in [-0.2, -0.15) is 0 Å². The second-order valence-corrected chi connectivity index (χ2v) is 14.3. The van der Waals surface area contributed by atoms with Crippen molar-refractivity contribution in [1.29, 1.82) is 0 Å². The summed E-state index contributed by atoms with van der Waals surface area (Å²) in [5.41, 5.74) is 11.6. The van der Waals surface area contributed by atoms with Gasteiger partial charge < -0.3 is 38.3 Å². The van der Waals surface area contributed by atoms with Crippen LogP contribution in [0.4, 0.5) is 0 Å². The van der Waals surface area contributed by atoms with Crippen molar-refractivity contribution in [2.45, 2.75) is 123 Å². The zero-order valence-electron chi connectivity index (χ0n) is 30.1. The highest BCUT2D eigenvalue weighted by molar-refractivity contribution is 5.80. The first-order valence-electron chi connectivity index (χ1n) is 17.8. The largest absolute Gasteiger partial charge is 0.374 e. The number of carbonyl (C=O) groups is 1. The van der Waals surface area contributed by atoms with Gasteiger partial charge in [0.2, 0.25) is 0 Å². The van der Waals surface area contributed by atoms with E-state index in [2.05, 4.69) is 30.8 Å². The number of ether oxygens (including phenoxy) is 7. The van der Waals surface area contributed by atoms with Crippen LogP contribution in [0.15, 0.2) is 65.8 Å². The SMILES string of the molecule is CC(=O)C1O[C@@H](O[C@@H]2C(N=[N+]=[N-])C(O)O[C@@H](C)[C@H]2O[C@@H]2OC(COCc3ccccc3)[C@@H](C)[C@H](C)C2OCc2ccccc2)C(C)[C@@H](C)[C@@H]1C. The maximum absolute atomic E-state index is 12.6. The lowest BCUT2D eigenvalue weighted by Gasteiger charge is -2.50. The molecule has 0 aromatic heterocycles. The zero-order valence-corrected chi connectivity index (χ0v) is 30.1. The number of Topliss-reactive ketones (excluding diaryl/α,β-unsaturated/α-hetero) is 1. The first-order chi connectivity index (χ1) is 24.0. The fourth-order valence-corrected chi connectivity index (χ4v) is 7.28. The third-order valence-electron chi connectivity index (χ3n) is 11.0. The lowest BCUT2D eigenvalue weighted by Crippen LogP contribution is -2.63. The second-order valence-electron chi connectivity index (χ2n) is 14.3. The summed E-state index contributed by atoms with van der Waals surface area (Å²) in [6.07, 6.45) is -7.28. The van der Waals surface area contributed by atoms with E-state index >= 15 is 0 Å². The molecule has 3 aliphatic rings. The van der Waals surface area contributed by atoms with E-state index < -0.39 is 55.4 Å². The highest BCUT2D eigenvalue weighted by atomic mass is 16.7. The molecule has 0 amide bonds. The number of benzene rings is 2. The fourth-order valence-electron chi connectivity index (χ4n) is 7.28. The van der Waals surface area contributed by atoms with E-state index in [0.717, 1.165) is 11.1 Å². The summed E-state index contributed by atoms with van der Waals surface area (Å²) in [4.78, 5) is 15.6. The molecular formula is C38H53N3O9. The Labute approximate surface area is 295 Å². The van der Waals surface area contributed by atoms with E-state index in [-0.39, 0.29) is 41.5 Å². The Kier molecular flexibility index (Phi) is 13.5. The summed E-state index contributed by atoms with van der Waals surface area (Å²) in [6.45, 7) is 14.7. The summed E-state index contributed by atoms with van der Waals surface area (Å²) < 4.78 is 45.0. The summed E-state index contributed by atoms with van der Waals surface area (Å²) in [5.74, 6) is -0.117. The van der Waals surface area contributed by atoms with Crippen molar-refractivity contribution in [3.8, 4) is 0 Å². The van der Waals surface area contributed by atoms with Crippen molar-refractivity contribution in [2.24, 2.45) is 34.7 Å². The smallest absolute Gasteiger partial charge is 0.185 e. The molecule has 6 unspecified atom stereocenters. The topological polar surface area (TPSA) is 151 Å². The molecule has 274 valence electrons. The fraction of sp³-hybridized carbons (Fsp3) is 0.658. The van der Waals surface area contributed by atoms with Crippen LogP contribution in [0.1, 0.15) is 59.6 Å². The number of hydrogen-bond donors (Lipinski definition) is 1. The van der Waals surface area contributed by atoms with Crippen molar-refractivity contribution >= 4 is 5.78 Å². The average Bonchev–Trinajstić information content (AvgIpc) is 3.10. The van der Waals surface area contributed by atoms with Gasteiger partial charge in [-0.25, -0.2) is 0 Å². The third kappa shape index (κ3) is 8.93. The molecule has 1 N–H and O–H groups in total. The van der Waals surface area contributed by atoms with Gasteiger partial charge in [-0.05, 0) is 54.2 Å². The Bertz CT molecular complexity index is 1410. The standard InChI is InChI=1S/C38H53N3O9/c1-21-23(3)32(26(6)42)48-37(25(21)5)50-35-31(40-41-39)36(43)46-27(7)34(35)49-38-33(45-19-29-16-12-9-13-17-29)24(4)22(2)30(47-38)20-44-18-28-14-10-8-11-15-28/h8-17,21-25,27,30-38,43H,18-20H2,1-7H3/t21-,22-,23-,24-,25?,27-,30?,31?,32?,33?,34+,35+,36?,37-,38-/m0/s1. The van der Waals surface area contributed by atoms with Gasteiger partial charge in [-0.15, -0.1) is 0 Å². The molecule has 0 radical (unpaired) electrons. The van der Waals surface area contributed by atoms with Gasteiger partial charge in [-0.3, -0.25) is 4.79 Å². The lowest BCUT2D eigenvalue weighted by atomic mass is 9.78. The molecule has 50 heavy (non-hydrogen) atoms. The molecule has 0 spiro atoms. The van der Waals surface area contributed by atoms with Crippen molar-refractivity contribution < 1.29 is 43.1 Å². The molecule has 0 aliphatic carbocycles. The second kappa shape index (κ2) is 17.5. The first kappa shape index (κ1) is 38.3. The maximum atomic E-state index is 12.6. The van der Waals surface area contributed by atoms with Gasteiger partial charge in [0.05, 0.1) is 32.0 Å². The number of carbonyl (C=O) groups excluding carboxylic acids is 1. The van der Waals surface area contributed by atoms with Crippen LogP contribution in [-0.4, -0.2) is 79.0 Å². The van der Waals surface area contributed by atoms with Crippen molar-refractivity contribution in [3.63, 3.8) is 0 Å². The van der Waals surface area contributed by atoms with E-state index in [1.807, 2.05) is 74.5 Å². The predicted molar refractivity (Wildman–Crippen MR) is 184 cm³/mol. The molecule has 15 atom stereocenters. The molecule has 3 saturated heterocycles. The lowest BCUT2D eigenvalue weighted by molar-refractivity contribution is -0.356. The summed E-state index contributed by atoms with van der Waals surface area (Å²) in [7, 11) is 0. The quantitative estimate of drug-likeness (QED) is 0.147. The van der Waals surface area contributed by atoms with Crippen LogP contribution in [0.5, 0.6) is 0 Å². The number of azide groups is 1. The van der Waals surface area contributed by atoms with Crippen LogP contribution < -0.4 is 0 Å². The number of rotatable bonds is 13. The van der Waals surface area contributed by atoms with Gasteiger partial charge in [0.15, 0.2) is 24.7 Å². The molecule has 0 saturated carbocycles. The molecule has 12 nitrogen and oxygen atoms in total. The molecule has 3 aliphatic heterocycles. The molecule has 3 heterocycles. The van der Waals surface area contributed by atoms with Crippen LogP contribution >= 0.6 is 0 Å². The number of aliphatic hydroxyl groups is 1. The molecule has 0 bridgehead atoms. The van der Waals surface area contributed by atoms with E-state index in [1.54, 1.807) is 6.92 Å².